The quantitative estimate of drug-likeness (QED) is 0.912. The first-order chi connectivity index (χ1) is 9.76. The van der Waals surface area contributed by atoms with E-state index in [9.17, 15) is 0 Å². The second kappa shape index (κ2) is 6.02. The molecule has 114 valence electrons. The molecule has 0 aliphatic carbocycles. The smallest absolute Gasteiger partial charge is 0.0675 e. The van der Waals surface area contributed by atoms with Gasteiger partial charge in [0.1, 0.15) is 0 Å². The molecular weight excluding hydrogens is 258 g/mol. The fourth-order valence-corrected chi connectivity index (χ4v) is 2.23. The molecule has 1 heterocycles. The van der Waals surface area contributed by atoms with E-state index in [1.54, 1.807) is 0 Å². The van der Waals surface area contributed by atoms with Crippen molar-refractivity contribution in [3.05, 3.63) is 47.3 Å². The van der Waals surface area contributed by atoms with Crippen molar-refractivity contribution in [2.75, 3.05) is 0 Å². The summed E-state index contributed by atoms with van der Waals surface area (Å²) in [6.07, 6.45) is 2.05. The zero-order chi connectivity index (χ0) is 15.6. The van der Waals surface area contributed by atoms with Gasteiger partial charge >= 0.3 is 0 Å². The fourth-order valence-electron chi connectivity index (χ4n) is 2.23. The van der Waals surface area contributed by atoms with Crippen LogP contribution in [0.15, 0.2) is 30.5 Å². The molecule has 0 fully saturated rings. The lowest BCUT2D eigenvalue weighted by Crippen LogP contribution is -2.35. The Morgan fingerprint density at radius 1 is 1.19 bits per heavy atom. The molecule has 0 aliphatic heterocycles. The normalized spacial score (nSPS) is 12.1. The third kappa shape index (κ3) is 4.18. The Balaban J connectivity index is 2.18. The predicted molar refractivity (Wildman–Crippen MR) is 89.0 cm³/mol. The van der Waals surface area contributed by atoms with Crippen LogP contribution in [-0.4, -0.2) is 15.3 Å². The van der Waals surface area contributed by atoms with Crippen molar-refractivity contribution in [3.63, 3.8) is 0 Å². The van der Waals surface area contributed by atoms with E-state index in [4.69, 9.17) is 0 Å². The zero-order valence-corrected chi connectivity index (χ0v) is 14.1. The first kappa shape index (κ1) is 15.8. The first-order valence-corrected chi connectivity index (χ1v) is 7.67. The van der Waals surface area contributed by atoms with E-state index >= 15 is 0 Å². The van der Waals surface area contributed by atoms with Crippen LogP contribution in [0.3, 0.4) is 0 Å². The molecule has 0 spiro atoms. The largest absolute Gasteiger partial charge is 0.308 e. The van der Waals surface area contributed by atoms with Gasteiger partial charge in [-0.3, -0.25) is 0 Å². The van der Waals surface area contributed by atoms with E-state index in [0.717, 1.165) is 17.9 Å². The molecule has 0 radical (unpaired) electrons. The summed E-state index contributed by atoms with van der Waals surface area (Å²) in [7, 11) is 0. The molecule has 0 saturated carbocycles. The molecule has 2 rings (SSSR count). The highest BCUT2D eigenvalue weighted by Gasteiger charge is 2.10. The number of nitrogens with zero attached hydrogens (tertiary/aromatic N) is 2. The maximum Gasteiger partial charge on any atom is 0.0675 e. The van der Waals surface area contributed by atoms with Crippen molar-refractivity contribution in [1.82, 2.24) is 15.1 Å². The van der Waals surface area contributed by atoms with Crippen molar-refractivity contribution >= 4 is 0 Å². The standard InChI is InChI=1S/C18H27N3/c1-13(2)16-9-10-21(20-16)17-8-7-15(11-14(17)3)12-19-18(4,5)6/h7-11,13,19H,12H2,1-6H3. The summed E-state index contributed by atoms with van der Waals surface area (Å²) >= 11 is 0. The SMILES string of the molecule is Cc1cc(CNC(C)(C)C)ccc1-n1ccc(C(C)C)n1. The van der Waals surface area contributed by atoms with Crippen molar-refractivity contribution in [2.45, 2.75) is 59.5 Å². The molecule has 0 unspecified atom stereocenters. The van der Waals surface area contributed by atoms with Crippen LogP contribution in [0.25, 0.3) is 5.69 Å². The van der Waals surface area contributed by atoms with Gasteiger partial charge in [-0.25, -0.2) is 4.68 Å². The number of aryl methyl sites for hydroxylation is 1. The predicted octanol–water partition coefficient (Wildman–Crippen LogP) is 4.19. The molecule has 3 heteroatoms. The van der Waals surface area contributed by atoms with Crippen LogP contribution in [0.5, 0.6) is 0 Å². The lowest BCUT2D eigenvalue weighted by molar-refractivity contribution is 0.424. The molecule has 0 aliphatic rings. The lowest BCUT2D eigenvalue weighted by atomic mass is 10.1. The maximum absolute atomic E-state index is 4.66. The Kier molecular flexibility index (Phi) is 4.52. The van der Waals surface area contributed by atoms with Gasteiger partial charge in [0.25, 0.3) is 0 Å². The van der Waals surface area contributed by atoms with Gasteiger partial charge in [0.15, 0.2) is 0 Å². The molecule has 1 aromatic carbocycles. The minimum absolute atomic E-state index is 0.140. The molecule has 0 atom stereocenters. The van der Waals surface area contributed by atoms with Gasteiger partial charge < -0.3 is 5.32 Å². The van der Waals surface area contributed by atoms with Crippen LogP contribution >= 0.6 is 0 Å². The third-order valence-corrected chi connectivity index (χ3v) is 3.53. The molecule has 1 N–H and O–H groups in total. The number of nitrogens with one attached hydrogen (secondary N) is 1. The van der Waals surface area contributed by atoms with Crippen LogP contribution in [-0.2, 0) is 6.54 Å². The number of aromatic nitrogens is 2. The highest BCUT2D eigenvalue weighted by atomic mass is 15.3. The van der Waals surface area contributed by atoms with Crippen LogP contribution in [0, 0.1) is 6.92 Å². The lowest BCUT2D eigenvalue weighted by Gasteiger charge is -2.21. The molecule has 3 nitrogen and oxygen atoms in total. The highest BCUT2D eigenvalue weighted by molar-refractivity contribution is 5.42. The van der Waals surface area contributed by atoms with Crippen molar-refractivity contribution in [3.8, 4) is 5.69 Å². The van der Waals surface area contributed by atoms with Crippen LogP contribution < -0.4 is 5.32 Å². The van der Waals surface area contributed by atoms with Crippen molar-refractivity contribution in [2.24, 2.45) is 0 Å². The van der Waals surface area contributed by atoms with E-state index in [1.165, 1.54) is 11.1 Å². The van der Waals surface area contributed by atoms with Crippen LogP contribution in [0.1, 0.15) is 57.4 Å². The third-order valence-electron chi connectivity index (χ3n) is 3.53. The van der Waals surface area contributed by atoms with E-state index < -0.39 is 0 Å². The van der Waals surface area contributed by atoms with Crippen LogP contribution in [0.2, 0.25) is 0 Å². The van der Waals surface area contributed by atoms with Gasteiger partial charge in [0.2, 0.25) is 0 Å². The number of benzene rings is 1. The zero-order valence-electron chi connectivity index (χ0n) is 14.1. The fraction of sp³-hybridized carbons (Fsp3) is 0.500. The molecular formula is C18H27N3. The average Bonchev–Trinajstić information content (AvgIpc) is 2.85. The van der Waals surface area contributed by atoms with Gasteiger partial charge in [-0.2, -0.15) is 5.10 Å². The van der Waals surface area contributed by atoms with Crippen LogP contribution in [0.4, 0.5) is 0 Å². The Hall–Kier alpha value is -1.61. The van der Waals surface area contributed by atoms with E-state index in [2.05, 4.69) is 76.2 Å². The minimum Gasteiger partial charge on any atom is -0.308 e. The summed E-state index contributed by atoms with van der Waals surface area (Å²) in [5, 5.41) is 8.18. The molecule has 21 heavy (non-hydrogen) atoms. The highest BCUT2D eigenvalue weighted by Crippen LogP contribution is 2.18. The Bertz CT molecular complexity index is 603. The average molecular weight is 285 g/mol. The van der Waals surface area contributed by atoms with Crippen molar-refractivity contribution in [1.29, 1.82) is 0 Å². The Labute approximate surface area is 128 Å². The van der Waals surface area contributed by atoms with Gasteiger partial charge in [-0.1, -0.05) is 26.0 Å². The van der Waals surface area contributed by atoms with Gasteiger partial charge in [0, 0.05) is 18.3 Å². The summed E-state index contributed by atoms with van der Waals surface area (Å²) in [6, 6.07) is 8.67. The molecule has 1 aromatic heterocycles. The second-order valence-corrected chi connectivity index (χ2v) is 7.06. The molecule has 0 amide bonds. The second-order valence-electron chi connectivity index (χ2n) is 7.06. The molecule has 2 aromatic rings. The molecule has 0 bridgehead atoms. The van der Waals surface area contributed by atoms with Gasteiger partial charge in [-0.15, -0.1) is 0 Å². The van der Waals surface area contributed by atoms with Gasteiger partial charge in [0.05, 0.1) is 11.4 Å². The van der Waals surface area contributed by atoms with Crippen molar-refractivity contribution < 1.29 is 0 Å². The summed E-state index contributed by atoms with van der Waals surface area (Å²) < 4.78 is 1.98. The topological polar surface area (TPSA) is 29.9 Å². The Morgan fingerprint density at radius 3 is 2.43 bits per heavy atom. The first-order valence-electron chi connectivity index (χ1n) is 7.67. The number of rotatable bonds is 4. The number of hydrogen-bond donors (Lipinski definition) is 1. The van der Waals surface area contributed by atoms with Gasteiger partial charge in [-0.05, 0) is 56.9 Å². The summed E-state index contributed by atoms with van der Waals surface area (Å²) in [5.74, 6) is 0.460. The summed E-state index contributed by atoms with van der Waals surface area (Å²) in [4.78, 5) is 0. The monoisotopic (exact) mass is 285 g/mol. The van der Waals surface area contributed by atoms with E-state index in [-0.39, 0.29) is 5.54 Å². The Morgan fingerprint density at radius 2 is 1.90 bits per heavy atom. The number of hydrogen-bond acceptors (Lipinski definition) is 2. The van der Waals surface area contributed by atoms with E-state index in [1.807, 2.05) is 10.9 Å². The van der Waals surface area contributed by atoms with E-state index in [0.29, 0.717) is 5.92 Å². The molecule has 0 saturated heterocycles. The minimum atomic E-state index is 0.140. The maximum atomic E-state index is 4.66. The summed E-state index contributed by atoms with van der Waals surface area (Å²) in [6.45, 7) is 13.9. The summed E-state index contributed by atoms with van der Waals surface area (Å²) in [5.41, 5.74) is 4.99.